The van der Waals surface area contributed by atoms with E-state index >= 15 is 0 Å². The van der Waals surface area contributed by atoms with Crippen molar-refractivity contribution >= 4 is 29.3 Å². The molecule has 1 aliphatic heterocycles. The van der Waals surface area contributed by atoms with Crippen LogP contribution in [0, 0.1) is 11.8 Å². The second-order valence-electron chi connectivity index (χ2n) is 5.56. The highest BCUT2D eigenvalue weighted by molar-refractivity contribution is 6.32. The van der Waals surface area contributed by atoms with Crippen LogP contribution in [0.4, 0.5) is 10.5 Å². The Kier molecular flexibility index (Phi) is 5.13. The molecule has 2 amide bonds. The van der Waals surface area contributed by atoms with Gasteiger partial charge in [-0.2, -0.15) is 0 Å². The fraction of sp³-hybridized carbons (Fsp3) is 0.467. The molecule has 0 bridgehead atoms. The van der Waals surface area contributed by atoms with E-state index in [9.17, 15) is 9.59 Å². The quantitative estimate of drug-likeness (QED) is 0.895. The summed E-state index contributed by atoms with van der Waals surface area (Å²) in [6.07, 6.45) is 0.591. The lowest BCUT2D eigenvalue weighted by molar-refractivity contribution is -0.143. The number of anilines is 1. The average molecular weight is 327 g/mol. The van der Waals surface area contributed by atoms with Crippen molar-refractivity contribution in [1.82, 2.24) is 4.90 Å². The molecule has 120 valence electrons. The maximum atomic E-state index is 12.3. The summed E-state index contributed by atoms with van der Waals surface area (Å²) in [5.74, 6) is -0.762. The molecular formula is C15H19ClN2O4. The van der Waals surface area contributed by atoms with E-state index < -0.39 is 11.9 Å². The van der Waals surface area contributed by atoms with E-state index in [-0.39, 0.29) is 18.5 Å². The number of carbonyl (C=O) groups excluding carboxylic acids is 1. The number of hydrogen-bond donors (Lipinski definition) is 2. The average Bonchev–Trinajstić information content (AvgIpc) is 2.48. The zero-order valence-electron chi connectivity index (χ0n) is 12.5. The van der Waals surface area contributed by atoms with Gasteiger partial charge in [0.15, 0.2) is 0 Å². The molecule has 22 heavy (non-hydrogen) atoms. The molecule has 1 heterocycles. The van der Waals surface area contributed by atoms with Gasteiger partial charge in [0.2, 0.25) is 0 Å². The molecule has 2 N–H and O–H groups in total. The Hall–Kier alpha value is -1.95. The zero-order valence-corrected chi connectivity index (χ0v) is 13.3. The SMILES string of the molecule is COc1cc(NC(=O)N2CC(C)CC(C(=O)O)C2)ccc1Cl. The molecular weight excluding hydrogens is 308 g/mol. The normalized spacial score (nSPS) is 21.3. The van der Waals surface area contributed by atoms with Crippen LogP contribution >= 0.6 is 11.6 Å². The summed E-state index contributed by atoms with van der Waals surface area (Å²) in [5, 5.41) is 12.4. The Morgan fingerprint density at radius 2 is 2.14 bits per heavy atom. The van der Waals surface area contributed by atoms with Crippen molar-refractivity contribution in [3.05, 3.63) is 23.2 Å². The van der Waals surface area contributed by atoms with Gasteiger partial charge in [-0.25, -0.2) is 4.79 Å². The maximum absolute atomic E-state index is 12.3. The van der Waals surface area contributed by atoms with Crippen LogP contribution in [0.5, 0.6) is 5.75 Å². The standard InChI is InChI=1S/C15H19ClN2O4/c1-9-5-10(14(19)20)8-18(7-9)15(21)17-11-3-4-12(16)13(6-11)22-2/h3-4,6,9-10H,5,7-8H2,1-2H3,(H,17,21)(H,19,20). The van der Waals surface area contributed by atoms with Crippen molar-refractivity contribution in [3.8, 4) is 5.75 Å². The number of aliphatic carboxylic acids is 1. The summed E-state index contributed by atoms with van der Waals surface area (Å²) in [6.45, 7) is 2.71. The molecule has 0 saturated carbocycles. The predicted molar refractivity (Wildman–Crippen MR) is 83.5 cm³/mol. The van der Waals surface area contributed by atoms with E-state index in [1.54, 1.807) is 18.2 Å². The van der Waals surface area contributed by atoms with E-state index in [1.165, 1.54) is 12.0 Å². The van der Waals surface area contributed by atoms with Gasteiger partial charge >= 0.3 is 12.0 Å². The first-order valence-electron chi connectivity index (χ1n) is 7.03. The number of likely N-dealkylation sites (tertiary alicyclic amines) is 1. The van der Waals surface area contributed by atoms with Crippen molar-refractivity contribution < 1.29 is 19.4 Å². The number of urea groups is 1. The second-order valence-corrected chi connectivity index (χ2v) is 5.97. The number of hydrogen-bond acceptors (Lipinski definition) is 3. The minimum absolute atomic E-state index is 0.153. The number of carboxylic acids is 1. The van der Waals surface area contributed by atoms with Crippen LogP contribution in [0.15, 0.2) is 18.2 Å². The van der Waals surface area contributed by atoms with Gasteiger partial charge < -0.3 is 20.1 Å². The number of methoxy groups -OCH3 is 1. The van der Waals surface area contributed by atoms with E-state index in [2.05, 4.69) is 5.32 Å². The van der Waals surface area contributed by atoms with Gasteiger partial charge in [0.05, 0.1) is 18.1 Å². The van der Waals surface area contributed by atoms with Crippen molar-refractivity contribution in [1.29, 1.82) is 0 Å². The molecule has 0 aliphatic carbocycles. The molecule has 0 radical (unpaired) electrons. The summed E-state index contributed by atoms with van der Waals surface area (Å²) in [7, 11) is 1.50. The monoisotopic (exact) mass is 326 g/mol. The van der Waals surface area contributed by atoms with Gasteiger partial charge in [0.25, 0.3) is 0 Å². The zero-order chi connectivity index (χ0) is 16.3. The first-order valence-corrected chi connectivity index (χ1v) is 7.40. The second kappa shape index (κ2) is 6.87. The first-order chi connectivity index (χ1) is 10.4. The summed E-state index contributed by atoms with van der Waals surface area (Å²) in [4.78, 5) is 25.0. The number of rotatable bonds is 3. The molecule has 1 saturated heterocycles. The largest absolute Gasteiger partial charge is 0.495 e. The lowest BCUT2D eigenvalue weighted by Gasteiger charge is -2.34. The lowest BCUT2D eigenvalue weighted by atomic mass is 9.91. The number of nitrogens with one attached hydrogen (secondary N) is 1. The minimum atomic E-state index is -0.863. The molecule has 0 spiro atoms. The highest BCUT2D eigenvalue weighted by atomic mass is 35.5. The van der Waals surface area contributed by atoms with Gasteiger partial charge in [-0.1, -0.05) is 18.5 Å². The van der Waals surface area contributed by atoms with Crippen molar-refractivity contribution in [2.45, 2.75) is 13.3 Å². The van der Waals surface area contributed by atoms with E-state index in [1.807, 2.05) is 6.92 Å². The van der Waals surface area contributed by atoms with E-state index in [4.69, 9.17) is 21.4 Å². The molecule has 1 aromatic rings. The Bertz CT molecular complexity index is 579. The number of carboxylic acid groups (broad SMARTS) is 1. The number of nitrogens with zero attached hydrogens (tertiary/aromatic N) is 1. The predicted octanol–water partition coefficient (Wildman–Crippen LogP) is 2.92. The summed E-state index contributed by atoms with van der Waals surface area (Å²) in [5.41, 5.74) is 0.552. The molecule has 2 rings (SSSR count). The fourth-order valence-corrected chi connectivity index (χ4v) is 2.83. The van der Waals surface area contributed by atoms with E-state index in [0.29, 0.717) is 29.4 Å². The third kappa shape index (κ3) is 3.82. The summed E-state index contributed by atoms with van der Waals surface area (Å²) < 4.78 is 5.10. The fourth-order valence-electron chi connectivity index (χ4n) is 2.64. The molecule has 6 nitrogen and oxygen atoms in total. The van der Waals surface area contributed by atoms with Crippen LogP contribution in [0.25, 0.3) is 0 Å². The van der Waals surface area contributed by atoms with Crippen LogP contribution in [-0.4, -0.2) is 42.2 Å². The Morgan fingerprint density at radius 1 is 1.41 bits per heavy atom. The molecule has 1 fully saturated rings. The van der Waals surface area contributed by atoms with Crippen molar-refractivity contribution in [2.75, 3.05) is 25.5 Å². The van der Waals surface area contributed by atoms with Gasteiger partial charge in [-0.3, -0.25) is 4.79 Å². The van der Waals surface area contributed by atoms with Crippen LogP contribution in [0.1, 0.15) is 13.3 Å². The topological polar surface area (TPSA) is 78.9 Å². The van der Waals surface area contributed by atoms with Crippen LogP contribution in [0.2, 0.25) is 5.02 Å². The highest BCUT2D eigenvalue weighted by Gasteiger charge is 2.31. The number of piperidine rings is 1. The summed E-state index contributed by atoms with van der Waals surface area (Å²) in [6, 6.07) is 4.62. The van der Waals surface area contributed by atoms with Crippen LogP contribution in [-0.2, 0) is 4.79 Å². The minimum Gasteiger partial charge on any atom is -0.495 e. The third-order valence-electron chi connectivity index (χ3n) is 3.70. The highest BCUT2D eigenvalue weighted by Crippen LogP contribution is 2.28. The van der Waals surface area contributed by atoms with Gasteiger partial charge in [-0.15, -0.1) is 0 Å². The number of ether oxygens (including phenoxy) is 1. The third-order valence-corrected chi connectivity index (χ3v) is 4.01. The van der Waals surface area contributed by atoms with Gasteiger partial charge in [-0.05, 0) is 24.5 Å². The van der Waals surface area contributed by atoms with Crippen molar-refractivity contribution in [2.24, 2.45) is 11.8 Å². The number of benzene rings is 1. The Labute approximate surface area is 134 Å². The van der Waals surface area contributed by atoms with Crippen molar-refractivity contribution in [3.63, 3.8) is 0 Å². The lowest BCUT2D eigenvalue weighted by Crippen LogP contribution is -2.47. The smallest absolute Gasteiger partial charge is 0.321 e. The molecule has 2 atom stereocenters. The number of halogens is 1. The molecule has 1 aromatic carbocycles. The number of amides is 2. The maximum Gasteiger partial charge on any atom is 0.321 e. The molecule has 2 unspecified atom stereocenters. The molecule has 1 aliphatic rings. The number of carbonyl (C=O) groups is 2. The first kappa shape index (κ1) is 16.4. The Balaban J connectivity index is 2.06. The van der Waals surface area contributed by atoms with E-state index in [0.717, 1.165) is 0 Å². The molecule has 0 aromatic heterocycles. The Morgan fingerprint density at radius 3 is 2.77 bits per heavy atom. The van der Waals surface area contributed by atoms with Crippen LogP contribution in [0.3, 0.4) is 0 Å². The summed E-state index contributed by atoms with van der Waals surface area (Å²) >= 11 is 5.94. The molecule has 7 heteroatoms. The van der Waals surface area contributed by atoms with Crippen LogP contribution < -0.4 is 10.1 Å². The van der Waals surface area contributed by atoms with Gasteiger partial charge in [0.1, 0.15) is 5.75 Å². The van der Waals surface area contributed by atoms with Gasteiger partial charge in [0, 0.05) is 24.8 Å².